The van der Waals surface area contributed by atoms with Gasteiger partial charge in [-0.1, -0.05) is 80.2 Å². The molecule has 0 radical (unpaired) electrons. The van der Waals surface area contributed by atoms with Crippen molar-refractivity contribution in [1.29, 1.82) is 0 Å². The Morgan fingerprint density at radius 2 is 0.958 bits per heavy atom. The highest BCUT2D eigenvalue weighted by Crippen LogP contribution is 2.31. The molecule has 0 aliphatic rings. The van der Waals surface area contributed by atoms with Crippen molar-refractivity contribution in [3.8, 4) is 22.3 Å². The fourth-order valence-corrected chi connectivity index (χ4v) is 2.59. The molecule has 0 amide bonds. The molecule has 3 aromatic carbocycles. The van der Waals surface area contributed by atoms with Crippen LogP contribution in [0.2, 0.25) is 0 Å². The lowest BCUT2D eigenvalue weighted by Crippen LogP contribution is -1.84. The first-order valence-electron chi connectivity index (χ1n) is 6.90. The largest absolute Gasteiger partial charge is 0.379 e. The van der Waals surface area contributed by atoms with E-state index in [1.807, 2.05) is 0 Å². The first-order valence-corrected chi connectivity index (χ1v) is 7.98. The van der Waals surface area contributed by atoms with E-state index in [9.17, 15) is 13.2 Å². The van der Waals surface area contributed by atoms with Gasteiger partial charge >= 0.3 is 6.68 Å². The summed E-state index contributed by atoms with van der Waals surface area (Å²) >= 11 is 2.34. The van der Waals surface area contributed by atoms with Crippen LogP contribution in [0, 0.1) is 3.57 Å². The molecule has 0 spiro atoms. The maximum absolute atomic E-state index is 9.67. The van der Waals surface area contributed by atoms with E-state index < -0.39 is 6.68 Å². The van der Waals surface area contributed by atoms with Gasteiger partial charge in [0.25, 0.3) is 0 Å². The Morgan fingerprint density at radius 3 is 1.42 bits per heavy atom. The van der Waals surface area contributed by atoms with Crippen LogP contribution >= 0.6 is 22.6 Å². The molecule has 0 saturated heterocycles. The van der Waals surface area contributed by atoms with Gasteiger partial charge in [-0.25, -0.2) is 0 Å². The number of hydrogen-bond donors (Lipinski definition) is 0. The highest BCUT2D eigenvalue weighted by molar-refractivity contribution is 14.1. The second-order valence-electron chi connectivity index (χ2n) is 4.67. The average molecular weight is 461 g/mol. The van der Waals surface area contributed by atoms with Gasteiger partial charge in [0, 0.05) is 3.57 Å². The van der Waals surface area contributed by atoms with Crippen LogP contribution in [0.15, 0.2) is 78.9 Å². The summed E-state index contributed by atoms with van der Waals surface area (Å²) in [6, 6.07) is 27.8. The molecule has 0 nitrogen and oxygen atoms in total. The van der Waals surface area contributed by atoms with Crippen molar-refractivity contribution in [3.05, 3.63) is 82.4 Å². The SMILES string of the molecule is FC(F)F.Ic1ccc(-c2ccccc2-c2ccccc2)cc1.[SH3+]. The molecule has 24 heavy (non-hydrogen) atoms. The van der Waals surface area contributed by atoms with Crippen molar-refractivity contribution < 1.29 is 13.2 Å². The van der Waals surface area contributed by atoms with E-state index in [0.29, 0.717) is 0 Å². The smallest absolute Gasteiger partial charge is 0.174 e. The lowest BCUT2D eigenvalue weighted by molar-refractivity contribution is 0.00819. The van der Waals surface area contributed by atoms with E-state index in [1.54, 1.807) is 0 Å². The van der Waals surface area contributed by atoms with Crippen LogP contribution in [-0.2, 0) is 13.5 Å². The first-order chi connectivity index (χ1) is 11.1. The van der Waals surface area contributed by atoms with E-state index in [-0.39, 0.29) is 13.5 Å². The Kier molecular flexibility index (Phi) is 8.92. The summed E-state index contributed by atoms with van der Waals surface area (Å²) in [5.74, 6) is 0. The third-order valence-corrected chi connectivity index (χ3v) is 3.89. The fourth-order valence-electron chi connectivity index (χ4n) is 2.23. The zero-order valence-corrected chi connectivity index (χ0v) is 16.0. The standard InChI is InChI=1S/C18H13I.CHF3.H2S/c19-16-12-10-15(11-13-16)18-9-5-4-8-17(18)14-6-2-1-3-7-14;2-1(3)4;/h1-13H;1H;1H2/p+1. The van der Waals surface area contributed by atoms with Crippen LogP contribution in [0.4, 0.5) is 13.2 Å². The third-order valence-electron chi connectivity index (χ3n) is 3.17. The molecule has 126 valence electrons. The molecule has 0 unspecified atom stereocenters. The van der Waals surface area contributed by atoms with Crippen molar-refractivity contribution in [1.82, 2.24) is 0 Å². The molecule has 0 N–H and O–H groups in total. The summed E-state index contributed by atoms with van der Waals surface area (Å²) in [5, 5.41) is 0. The molecule has 5 heteroatoms. The van der Waals surface area contributed by atoms with Crippen LogP contribution in [0.5, 0.6) is 0 Å². The third kappa shape index (κ3) is 6.20. The summed E-state index contributed by atoms with van der Waals surface area (Å²) in [6.07, 6.45) is 0. The van der Waals surface area contributed by atoms with Crippen molar-refractivity contribution in [2.24, 2.45) is 0 Å². The summed E-state index contributed by atoms with van der Waals surface area (Å²) in [4.78, 5) is 0. The van der Waals surface area contributed by atoms with E-state index in [2.05, 4.69) is 101 Å². The van der Waals surface area contributed by atoms with Gasteiger partial charge in [0.1, 0.15) is 0 Å². The Morgan fingerprint density at radius 1 is 0.583 bits per heavy atom. The fraction of sp³-hybridized carbons (Fsp3) is 0.0526. The van der Waals surface area contributed by atoms with Gasteiger partial charge in [0.05, 0.1) is 0 Å². The highest BCUT2D eigenvalue weighted by atomic mass is 127. The Balaban J connectivity index is 0.000000522. The van der Waals surface area contributed by atoms with E-state index >= 15 is 0 Å². The van der Waals surface area contributed by atoms with Gasteiger partial charge in [0.15, 0.2) is 0 Å². The van der Waals surface area contributed by atoms with Crippen molar-refractivity contribution in [2.45, 2.75) is 6.68 Å². The topological polar surface area (TPSA) is 0 Å². The monoisotopic (exact) mass is 461 g/mol. The Bertz CT molecular complexity index is 728. The number of hydrogen-bond acceptors (Lipinski definition) is 0. The molecule has 0 aromatic heterocycles. The molecule has 0 aliphatic carbocycles. The van der Waals surface area contributed by atoms with Gasteiger partial charge in [-0.2, -0.15) is 13.2 Å². The predicted molar refractivity (Wildman–Crippen MR) is 109 cm³/mol. The summed E-state index contributed by atoms with van der Waals surface area (Å²) in [5.41, 5.74) is 5.09. The number of alkyl halides is 3. The molecular weight excluding hydrogens is 444 g/mol. The maximum atomic E-state index is 9.67. The van der Waals surface area contributed by atoms with Crippen LogP contribution in [0.25, 0.3) is 22.3 Å². The highest BCUT2D eigenvalue weighted by Gasteiger charge is 2.05. The molecule has 0 atom stereocenters. The van der Waals surface area contributed by atoms with Crippen LogP contribution in [-0.4, -0.2) is 6.68 Å². The molecule has 3 rings (SSSR count). The quantitative estimate of drug-likeness (QED) is 0.325. The minimum Gasteiger partial charge on any atom is -0.174 e. The summed E-state index contributed by atoms with van der Waals surface area (Å²) < 4.78 is 30.3. The number of benzene rings is 3. The predicted octanol–water partition coefficient (Wildman–Crippen LogP) is 6.00. The normalized spacial score (nSPS) is 9.71. The van der Waals surface area contributed by atoms with E-state index in [1.165, 1.54) is 25.8 Å². The number of halogens is 4. The minimum atomic E-state index is -3.67. The number of rotatable bonds is 2. The summed E-state index contributed by atoms with van der Waals surface area (Å²) in [6.45, 7) is -3.67. The van der Waals surface area contributed by atoms with Gasteiger partial charge in [-0.15, -0.1) is 0 Å². The van der Waals surface area contributed by atoms with E-state index in [4.69, 9.17) is 0 Å². The Labute approximate surface area is 160 Å². The molecule has 0 bridgehead atoms. The van der Waals surface area contributed by atoms with Crippen molar-refractivity contribution >= 4 is 36.1 Å². The minimum absolute atomic E-state index is 0. The first kappa shape index (κ1) is 20.6. The lowest BCUT2D eigenvalue weighted by Gasteiger charge is -2.10. The van der Waals surface area contributed by atoms with Gasteiger partial charge in [-0.05, 0) is 57.0 Å². The summed E-state index contributed by atoms with van der Waals surface area (Å²) in [7, 11) is 0. The second-order valence-corrected chi connectivity index (χ2v) is 5.91. The lowest BCUT2D eigenvalue weighted by atomic mass is 9.95. The van der Waals surface area contributed by atoms with Gasteiger partial charge < -0.3 is 0 Å². The Hall–Kier alpha value is -1.47. The van der Waals surface area contributed by atoms with Crippen LogP contribution in [0.3, 0.4) is 0 Å². The molecule has 0 fully saturated rings. The van der Waals surface area contributed by atoms with Crippen LogP contribution < -0.4 is 0 Å². The van der Waals surface area contributed by atoms with Gasteiger partial charge in [-0.3, -0.25) is 0 Å². The molecule has 0 saturated carbocycles. The van der Waals surface area contributed by atoms with Crippen molar-refractivity contribution in [2.75, 3.05) is 0 Å². The zero-order valence-electron chi connectivity index (χ0n) is 12.7. The van der Waals surface area contributed by atoms with Crippen molar-refractivity contribution in [3.63, 3.8) is 0 Å². The molecule has 3 aromatic rings. The van der Waals surface area contributed by atoms with Gasteiger partial charge in [0.2, 0.25) is 0 Å². The molecule has 0 aliphatic heterocycles. The zero-order chi connectivity index (χ0) is 16.7. The van der Waals surface area contributed by atoms with E-state index in [0.717, 1.165) is 0 Å². The molecule has 0 heterocycles. The molecular formula is C19H17F3IS+. The van der Waals surface area contributed by atoms with Crippen LogP contribution in [0.1, 0.15) is 0 Å². The maximum Gasteiger partial charge on any atom is 0.379 e. The second kappa shape index (κ2) is 10.4. The average Bonchev–Trinajstić information content (AvgIpc) is 2.56.